The minimum absolute atomic E-state index is 0.121. The highest BCUT2D eigenvalue weighted by molar-refractivity contribution is 6.30. The molecule has 2 amide bonds. The molecule has 1 fully saturated rings. The number of benzene rings is 1. The van der Waals surface area contributed by atoms with Gasteiger partial charge in [-0.25, -0.2) is 4.79 Å². The van der Waals surface area contributed by atoms with E-state index in [1.807, 2.05) is 19.1 Å². The van der Waals surface area contributed by atoms with Crippen molar-refractivity contribution in [3.63, 3.8) is 0 Å². The predicted octanol–water partition coefficient (Wildman–Crippen LogP) is 4.35. The van der Waals surface area contributed by atoms with Gasteiger partial charge in [-0.1, -0.05) is 31.4 Å². The summed E-state index contributed by atoms with van der Waals surface area (Å²) in [6.45, 7) is 4.14. The zero-order valence-electron chi connectivity index (χ0n) is 11.5. The van der Waals surface area contributed by atoms with Crippen molar-refractivity contribution in [2.24, 2.45) is 5.92 Å². The van der Waals surface area contributed by atoms with Crippen molar-refractivity contribution in [2.75, 3.05) is 5.32 Å². The number of carbonyl (C=O) groups is 1. The quantitative estimate of drug-likeness (QED) is 0.831. The van der Waals surface area contributed by atoms with Crippen molar-refractivity contribution in [1.82, 2.24) is 5.32 Å². The van der Waals surface area contributed by atoms with E-state index in [-0.39, 0.29) is 6.03 Å². The molecule has 1 aromatic carbocycles. The van der Waals surface area contributed by atoms with Gasteiger partial charge in [-0.05, 0) is 49.4 Å². The van der Waals surface area contributed by atoms with E-state index in [2.05, 4.69) is 17.6 Å². The van der Waals surface area contributed by atoms with Gasteiger partial charge in [0, 0.05) is 16.8 Å². The lowest BCUT2D eigenvalue weighted by Gasteiger charge is -2.29. The molecule has 4 heteroatoms. The van der Waals surface area contributed by atoms with Crippen LogP contribution in [0.4, 0.5) is 10.5 Å². The summed E-state index contributed by atoms with van der Waals surface area (Å²) in [6, 6.07) is 5.64. The lowest BCUT2D eigenvalue weighted by molar-refractivity contribution is 0.232. The van der Waals surface area contributed by atoms with Gasteiger partial charge >= 0.3 is 6.03 Å². The van der Waals surface area contributed by atoms with Crippen molar-refractivity contribution >= 4 is 23.3 Å². The normalized spacial score (nSPS) is 22.9. The molecule has 1 aliphatic rings. The van der Waals surface area contributed by atoms with Gasteiger partial charge in [-0.15, -0.1) is 0 Å². The van der Waals surface area contributed by atoms with Crippen LogP contribution in [-0.4, -0.2) is 12.1 Å². The first-order chi connectivity index (χ1) is 9.06. The van der Waals surface area contributed by atoms with E-state index in [9.17, 15) is 4.79 Å². The first-order valence-electron chi connectivity index (χ1n) is 6.90. The Morgan fingerprint density at radius 3 is 2.74 bits per heavy atom. The van der Waals surface area contributed by atoms with Crippen molar-refractivity contribution in [1.29, 1.82) is 0 Å². The summed E-state index contributed by atoms with van der Waals surface area (Å²) in [6.07, 6.45) is 4.76. The standard InChI is InChI=1S/C15H21ClN2O/c1-10-5-3-4-6-13(10)17-15(19)18-14-8-7-12(16)9-11(14)2/h7-10,13H,3-6H2,1-2H3,(H2,17,18,19). The molecule has 0 saturated heterocycles. The largest absolute Gasteiger partial charge is 0.335 e. The molecule has 2 unspecified atom stereocenters. The van der Waals surface area contributed by atoms with Crippen LogP contribution in [0.5, 0.6) is 0 Å². The Labute approximate surface area is 119 Å². The first kappa shape index (κ1) is 14.2. The van der Waals surface area contributed by atoms with E-state index in [0.717, 1.165) is 17.7 Å². The predicted molar refractivity (Wildman–Crippen MR) is 79.8 cm³/mol. The van der Waals surface area contributed by atoms with Crippen LogP contribution in [0.25, 0.3) is 0 Å². The summed E-state index contributed by atoms with van der Waals surface area (Å²) in [7, 11) is 0. The topological polar surface area (TPSA) is 41.1 Å². The van der Waals surface area contributed by atoms with Gasteiger partial charge in [-0.2, -0.15) is 0 Å². The van der Waals surface area contributed by atoms with Gasteiger partial charge < -0.3 is 10.6 Å². The van der Waals surface area contributed by atoms with Crippen LogP contribution in [0.2, 0.25) is 5.02 Å². The maximum atomic E-state index is 12.0. The Morgan fingerprint density at radius 2 is 2.05 bits per heavy atom. The van der Waals surface area contributed by atoms with Gasteiger partial charge in [0.15, 0.2) is 0 Å². The molecule has 0 aromatic heterocycles. The van der Waals surface area contributed by atoms with E-state index >= 15 is 0 Å². The lowest BCUT2D eigenvalue weighted by Crippen LogP contribution is -2.43. The van der Waals surface area contributed by atoms with Crippen LogP contribution in [0.3, 0.4) is 0 Å². The second-order valence-corrected chi connectivity index (χ2v) is 5.86. The summed E-state index contributed by atoms with van der Waals surface area (Å²) in [5.74, 6) is 0.561. The minimum Gasteiger partial charge on any atom is -0.335 e. The highest BCUT2D eigenvalue weighted by Gasteiger charge is 2.22. The second kappa shape index (κ2) is 6.29. The van der Waals surface area contributed by atoms with Crippen molar-refractivity contribution in [3.05, 3.63) is 28.8 Å². The molecule has 3 nitrogen and oxygen atoms in total. The second-order valence-electron chi connectivity index (χ2n) is 5.43. The molecule has 2 N–H and O–H groups in total. The van der Waals surface area contributed by atoms with E-state index in [1.54, 1.807) is 6.07 Å². The van der Waals surface area contributed by atoms with Crippen molar-refractivity contribution in [2.45, 2.75) is 45.6 Å². The molecular weight excluding hydrogens is 260 g/mol. The molecular formula is C15H21ClN2O. The fourth-order valence-corrected chi connectivity index (χ4v) is 2.85. The van der Waals surface area contributed by atoms with E-state index in [1.165, 1.54) is 19.3 Å². The third kappa shape index (κ3) is 3.87. The highest BCUT2D eigenvalue weighted by atomic mass is 35.5. The molecule has 2 rings (SSSR count). The zero-order valence-corrected chi connectivity index (χ0v) is 12.3. The molecule has 1 aliphatic carbocycles. The van der Waals surface area contributed by atoms with Crippen LogP contribution in [0.15, 0.2) is 18.2 Å². The average Bonchev–Trinajstić information content (AvgIpc) is 2.36. The molecule has 0 spiro atoms. The van der Waals surface area contributed by atoms with Crippen molar-refractivity contribution in [3.8, 4) is 0 Å². The third-order valence-corrected chi connectivity index (χ3v) is 4.10. The number of nitrogens with one attached hydrogen (secondary N) is 2. The minimum atomic E-state index is -0.121. The summed E-state index contributed by atoms with van der Waals surface area (Å²) in [5.41, 5.74) is 1.78. The zero-order chi connectivity index (χ0) is 13.8. The molecule has 0 heterocycles. The Hall–Kier alpha value is -1.22. The lowest BCUT2D eigenvalue weighted by atomic mass is 9.86. The molecule has 104 valence electrons. The first-order valence-corrected chi connectivity index (χ1v) is 7.27. The number of hydrogen-bond acceptors (Lipinski definition) is 1. The summed E-state index contributed by atoms with van der Waals surface area (Å²) < 4.78 is 0. The number of carbonyl (C=O) groups excluding carboxylic acids is 1. The van der Waals surface area contributed by atoms with E-state index in [4.69, 9.17) is 11.6 Å². The van der Waals surface area contributed by atoms with Crippen LogP contribution < -0.4 is 10.6 Å². The maximum Gasteiger partial charge on any atom is 0.319 e. The maximum absolute atomic E-state index is 12.0. The average molecular weight is 281 g/mol. The number of hydrogen-bond donors (Lipinski definition) is 2. The number of urea groups is 1. The molecule has 1 aromatic rings. The number of amides is 2. The van der Waals surface area contributed by atoms with Crippen LogP contribution >= 0.6 is 11.6 Å². The summed E-state index contributed by atoms with van der Waals surface area (Å²) >= 11 is 5.90. The molecule has 19 heavy (non-hydrogen) atoms. The van der Waals surface area contributed by atoms with Gasteiger partial charge in [-0.3, -0.25) is 0 Å². The third-order valence-electron chi connectivity index (χ3n) is 3.86. The van der Waals surface area contributed by atoms with Gasteiger partial charge in [0.2, 0.25) is 0 Å². The van der Waals surface area contributed by atoms with Gasteiger partial charge in [0.1, 0.15) is 0 Å². The van der Waals surface area contributed by atoms with Gasteiger partial charge in [0.05, 0.1) is 0 Å². The summed E-state index contributed by atoms with van der Waals surface area (Å²) in [4.78, 5) is 12.0. The SMILES string of the molecule is Cc1cc(Cl)ccc1NC(=O)NC1CCCCC1C. The highest BCUT2D eigenvalue weighted by Crippen LogP contribution is 2.24. The number of aryl methyl sites for hydroxylation is 1. The number of halogens is 1. The monoisotopic (exact) mass is 280 g/mol. The Bertz CT molecular complexity index is 461. The Balaban J connectivity index is 1.93. The molecule has 2 atom stereocenters. The smallest absolute Gasteiger partial charge is 0.319 e. The Kier molecular flexibility index (Phi) is 4.70. The molecule has 0 radical (unpaired) electrons. The van der Waals surface area contributed by atoms with Crippen molar-refractivity contribution < 1.29 is 4.79 Å². The molecule has 0 bridgehead atoms. The van der Waals surface area contributed by atoms with E-state index in [0.29, 0.717) is 17.0 Å². The molecule has 0 aliphatic heterocycles. The van der Waals surface area contributed by atoms with Crippen LogP contribution in [-0.2, 0) is 0 Å². The number of anilines is 1. The fraction of sp³-hybridized carbons (Fsp3) is 0.533. The van der Waals surface area contributed by atoms with Crippen LogP contribution in [0, 0.1) is 12.8 Å². The fourth-order valence-electron chi connectivity index (χ4n) is 2.62. The summed E-state index contributed by atoms with van der Waals surface area (Å²) in [5, 5.41) is 6.66. The Morgan fingerprint density at radius 1 is 1.32 bits per heavy atom. The molecule has 1 saturated carbocycles. The van der Waals surface area contributed by atoms with Gasteiger partial charge in [0.25, 0.3) is 0 Å². The van der Waals surface area contributed by atoms with E-state index < -0.39 is 0 Å². The number of rotatable bonds is 2. The van der Waals surface area contributed by atoms with Crippen LogP contribution in [0.1, 0.15) is 38.2 Å².